The van der Waals surface area contributed by atoms with Gasteiger partial charge in [-0.3, -0.25) is 4.79 Å². The van der Waals surface area contributed by atoms with Gasteiger partial charge in [0.05, 0.1) is 11.1 Å². The molecule has 1 N–H and O–H groups in total. The molecule has 0 heterocycles. The van der Waals surface area contributed by atoms with Crippen LogP contribution in [0.1, 0.15) is 27.0 Å². The fraction of sp³-hybridized carbons (Fsp3) is 0.0625. The molecule has 0 amide bonds. The molecule has 1 aliphatic rings. The first-order valence-electron chi connectivity index (χ1n) is 6.58. The summed E-state index contributed by atoms with van der Waals surface area (Å²) in [5.41, 5.74) is -5.98. The Labute approximate surface area is 134 Å². The topological polar surface area (TPSA) is 37.3 Å². The summed E-state index contributed by atoms with van der Waals surface area (Å²) in [4.78, 5) is 12.2. The number of Topliss-reactive ketones (excluding diaryl/α,β-unsaturated/α-hetero) is 1. The molecule has 25 heavy (non-hydrogen) atoms. The minimum Gasteiger partial charge on any atom is -0.506 e. The van der Waals surface area contributed by atoms with Crippen LogP contribution in [0, 0.1) is 23.3 Å². The molecule has 130 valence electrons. The van der Waals surface area contributed by atoms with Gasteiger partial charge in [0, 0.05) is 11.1 Å². The number of halogens is 7. The van der Waals surface area contributed by atoms with Gasteiger partial charge in [0.1, 0.15) is 11.3 Å². The lowest BCUT2D eigenvalue weighted by Gasteiger charge is -2.14. The minimum absolute atomic E-state index is 0.165. The molecule has 1 aliphatic carbocycles. The predicted molar refractivity (Wildman–Crippen MR) is 71.5 cm³/mol. The molecule has 0 fully saturated rings. The van der Waals surface area contributed by atoms with Gasteiger partial charge in [-0.1, -0.05) is 24.3 Å². The third kappa shape index (κ3) is 2.30. The molecule has 0 atom stereocenters. The zero-order valence-corrected chi connectivity index (χ0v) is 11.8. The molecule has 0 radical (unpaired) electrons. The van der Waals surface area contributed by atoms with Crippen molar-refractivity contribution >= 4 is 17.1 Å². The zero-order chi connectivity index (χ0) is 18.7. The lowest BCUT2D eigenvalue weighted by Crippen LogP contribution is -2.18. The maximum atomic E-state index is 14.1. The number of fused-ring (bicyclic) bond motifs is 1. The number of hydrogen-bond donors (Lipinski definition) is 1. The summed E-state index contributed by atoms with van der Waals surface area (Å²) >= 11 is 0. The van der Waals surface area contributed by atoms with E-state index in [0.717, 1.165) is 0 Å². The van der Waals surface area contributed by atoms with Crippen LogP contribution in [0.4, 0.5) is 30.7 Å². The van der Waals surface area contributed by atoms with Crippen LogP contribution in [0.25, 0.3) is 11.3 Å². The monoisotopic (exact) mass is 362 g/mol. The lowest BCUT2D eigenvalue weighted by molar-refractivity contribution is -0.143. The number of aliphatic hydroxyl groups excluding tert-OH is 1. The Hall–Kier alpha value is -2.84. The Kier molecular flexibility index (Phi) is 3.63. The molecule has 0 spiro atoms. The zero-order valence-electron chi connectivity index (χ0n) is 11.8. The van der Waals surface area contributed by atoms with E-state index in [-0.39, 0.29) is 11.1 Å². The van der Waals surface area contributed by atoms with Gasteiger partial charge in [-0.2, -0.15) is 13.2 Å². The van der Waals surface area contributed by atoms with Gasteiger partial charge in [-0.05, 0) is 0 Å². The van der Waals surface area contributed by atoms with Crippen molar-refractivity contribution in [2.75, 3.05) is 0 Å². The van der Waals surface area contributed by atoms with Gasteiger partial charge in [0.2, 0.25) is 0 Å². The van der Waals surface area contributed by atoms with E-state index in [0.29, 0.717) is 0 Å². The van der Waals surface area contributed by atoms with Crippen LogP contribution in [0.15, 0.2) is 24.3 Å². The van der Waals surface area contributed by atoms with Crippen molar-refractivity contribution in [1.29, 1.82) is 0 Å². The molecule has 0 aromatic heterocycles. The number of ketones is 1. The molecule has 0 saturated heterocycles. The van der Waals surface area contributed by atoms with Gasteiger partial charge >= 0.3 is 6.18 Å². The van der Waals surface area contributed by atoms with Gasteiger partial charge in [0.15, 0.2) is 29.1 Å². The number of benzene rings is 2. The second kappa shape index (κ2) is 5.33. The molecule has 2 aromatic carbocycles. The number of carbonyl (C=O) groups is 1. The van der Waals surface area contributed by atoms with Crippen LogP contribution in [0.3, 0.4) is 0 Å². The number of rotatable bonds is 1. The van der Waals surface area contributed by atoms with Crippen molar-refractivity contribution in [3.8, 4) is 0 Å². The first-order valence-corrected chi connectivity index (χ1v) is 6.58. The van der Waals surface area contributed by atoms with Crippen LogP contribution < -0.4 is 0 Å². The SMILES string of the molecule is O=C1C(c2c(F)c(F)c(C(F)(F)F)c(F)c2F)=C(O)c2ccccc21. The summed E-state index contributed by atoms with van der Waals surface area (Å²) in [6, 6.07) is 5.09. The average Bonchev–Trinajstić information content (AvgIpc) is 2.78. The van der Waals surface area contributed by atoms with E-state index in [1.165, 1.54) is 24.3 Å². The Morgan fingerprint density at radius 2 is 1.28 bits per heavy atom. The van der Waals surface area contributed by atoms with E-state index in [4.69, 9.17) is 0 Å². The molecule has 0 saturated carbocycles. The second-order valence-corrected chi connectivity index (χ2v) is 5.10. The Morgan fingerprint density at radius 1 is 0.800 bits per heavy atom. The fourth-order valence-electron chi connectivity index (χ4n) is 2.60. The highest BCUT2D eigenvalue weighted by Crippen LogP contribution is 2.43. The van der Waals surface area contributed by atoms with E-state index >= 15 is 0 Å². The molecule has 2 aromatic rings. The number of carbonyl (C=O) groups excluding carboxylic acids is 1. The number of aliphatic hydroxyl groups is 1. The molecule has 2 nitrogen and oxygen atoms in total. The van der Waals surface area contributed by atoms with Crippen molar-refractivity contribution in [2.24, 2.45) is 0 Å². The van der Waals surface area contributed by atoms with E-state index in [1.807, 2.05) is 0 Å². The van der Waals surface area contributed by atoms with Crippen LogP contribution in [0.5, 0.6) is 0 Å². The first kappa shape index (κ1) is 17.0. The van der Waals surface area contributed by atoms with Gasteiger partial charge < -0.3 is 5.11 Å². The largest absolute Gasteiger partial charge is 0.506 e. The van der Waals surface area contributed by atoms with Gasteiger partial charge in [-0.25, -0.2) is 17.6 Å². The standard InChI is InChI=1S/C16H5F7O2/c17-10-7(11(18)13(20)9(12(10)19)16(21,22)23)8-14(24)5-3-1-2-4-6(5)15(8)25/h1-4,24H. The van der Waals surface area contributed by atoms with E-state index < -0.39 is 57.7 Å². The minimum atomic E-state index is -5.70. The highest BCUT2D eigenvalue weighted by atomic mass is 19.4. The molecular weight excluding hydrogens is 357 g/mol. The summed E-state index contributed by atoms with van der Waals surface area (Å²) in [6.07, 6.45) is -5.70. The maximum Gasteiger partial charge on any atom is 0.422 e. The third-order valence-corrected chi connectivity index (χ3v) is 3.69. The second-order valence-electron chi connectivity index (χ2n) is 5.10. The summed E-state index contributed by atoms with van der Waals surface area (Å²) in [5, 5.41) is 9.98. The van der Waals surface area contributed by atoms with Crippen molar-refractivity contribution in [3.05, 3.63) is 69.8 Å². The normalized spacial score (nSPS) is 14.3. The Balaban J connectivity index is 2.35. The molecule has 3 rings (SSSR count). The van der Waals surface area contributed by atoms with Gasteiger partial charge in [0.25, 0.3) is 0 Å². The highest BCUT2D eigenvalue weighted by Gasteiger charge is 2.44. The lowest BCUT2D eigenvalue weighted by atomic mass is 9.98. The Bertz CT molecular complexity index is 929. The van der Waals surface area contributed by atoms with Crippen LogP contribution in [-0.2, 0) is 6.18 Å². The molecule has 9 heteroatoms. The average molecular weight is 362 g/mol. The van der Waals surface area contributed by atoms with Gasteiger partial charge in [-0.15, -0.1) is 0 Å². The Morgan fingerprint density at radius 3 is 1.72 bits per heavy atom. The molecule has 0 aliphatic heterocycles. The third-order valence-electron chi connectivity index (χ3n) is 3.69. The van der Waals surface area contributed by atoms with Crippen molar-refractivity contribution < 1.29 is 40.6 Å². The first-order chi connectivity index (χ1) is 11.6. The smallest absolute Gasteiger partial charge is 0.422 e. The molecular formula is C16H5F7O2. The fourth-order valence-corrected chi connectivity index (χ4v) is 2.60. The van der Waals surface area contributed by atoms with Crippen molar-refractivity contribution in [3.63, 3.8) is 0 Å². The molecule has 0 bridgehead atoms. The van der Waals surface area contributed by atoms with Crippen LogP contribution >= 0.6 is 0 Å². The van der Waals surface area contributed by atoms with E-state index in [9.17, 15) is 40.6 Å². The van der Waals surface area contributed by atoms with Crippen molar-refractivity contribution in [2.45, 2.75) is 6.18 Å². The summed E-state index contributed by atoms with van der Waals surface area (Å²) in [7, 11) is 0. The van der Waals surface area contributed by atoms with Crippen LogP contribution in [-0.4, -0.2) is 10.9 Å². The molecule has 0 unspecified atom stereocenters. The quantitative estimate of drug-likeness (QED) is 0.580. The maximum absolute atomic E-state index is 14.1. The van der Waals surface area contributed by atoms with E-state index in [1.54, 1.807) is 0 Å². The number of hydrogen-bond acceptors (Lipinski definition) is 2. The number of allylic oxidation sites excluding steroid dienone is 1. The van der Waals surface area contributed by atoms with Crippen LogP contribution in [0.2, 0.25) is 0 Å². The summed E-state index contributed by atoms with van der Waals surface area (Å²) < 4.78 is 93.4. The summed E-state index contributed by atoms with van der Waals surface area (Å²) in [5.74, 6) is -12.4. The van der Waals surface area contributed by atoms with E-state index in [2.05, 4.69) is 0 Å². The van der Waals surface area contributed by atoms with Crippen molar-refractivity contribution in [1.82, 2.24) is 0 Å². The highest BCUT2D eigenvalue weighted by molar-refractivity contribution is 6.39. The number of alkyl halides is 3. The summed E-state index contributed by atoms with van der Waals surface area (Å²) in [6.45, 7) is 0. The predicted octanol–water partition coefficient (Wildman–Crippen LogP) is 4.88.